The van der Waals surface area contributed by atoms with Crippen LogP contribution >= 0.6 is 11.6 Å². The highest BCUT2D eigenvalue weighted by Crippen LogP contribution is 2.24. The van der Waals surface area contributed by atoms with Crippen LogP contribution < -0.4 is 10.1 Å². The predicted octanol–water partition coefficient (Wildman–Crippen LogP) is 3.03. The molecule has 1 aromatic carbocycles. The summed E-state index contributed by atoms with van der Waals surface area (Å²) in [6.07, 6.45) is -0.648. The molecule has 0 bridgehead atoms. The van der Waals surface area contributed by atoms with E-state index in [2.05, 4.69) is 23.9 Å². The van der Waals surface area contributed by atoms with Gasteiger partial charge in [-0.2, -0.15) is 0 Å². The zero-order chi connectivity index (χ0) is 15.1. The van der Waals surface area contributed by atoms with Crippen LogP contribution in [0.4, 0.5) is 0 Å². The van der Waals surface area contributed by atoms with Gasteiger partial charge in [-0.1, -0.05) is 25.4 Å². The molecule has 5 heteroatoms. The van der Waals surface area contributed by atoms with E-state index in [-0.39, 0.29) is 0 Å². The Bertz CT molecular complexity index is 449. The zero-order valence-corrected chi connectivity index (χ0v) is 13.2. The summed E-state index contributed by atoms with van der Waals surface area (Å²) < 4.78 is 10.3. The van der Waals surface area contributed by atoms with Crippen molar-refractivity contribution in [2.24, 2.45) is 5.92 Å². The molecule has 20 heavy (non-hydrogen) atoms. The number of hydrogen-bond acceptors (Lipinski definition) is 4. The number of nitrogens with one attached hydrogen (secondary N) is 1. The molecule has 1 N–H and O–H groups in total. The lowest BCUT2D eigenvalue weighted by atomic mass is 10.1. The molecule has 0 amide bonds. The summed E-state index contributed by atoms with van der Waals surface area (Å²) in [5, 5.41) is 3.97. The van der Waals surface area contributed by atoms with Crippen molar-refractivity contribution < 1.29 is 14.3 Å². The van der Waals surface area contributed by atoms with Crippen LogP contribution in [0.5, 0.6) is 5.75 Å². The van der Waals surface area contributed by atoms with Crippen molar-refractivity contribution in [3.63, 3.8) is 0 Å². The molecule has 1 aromatic rings. The molecule has 0 aliphatic heterocycles. The average molecular weight is 300 g/mol. The van der Waals surface area contributed by atoms with E-state index in [1.54, 1.807) is 19.1 Å². The number of carbonyl (C=O) groups excluding carboxylic acids is 1. The van der Waals surface area contributed by atoms with E-state index in [0.29, 0.717) is 23.2 Å². The fraction of sp³-hybridized carbons (Fsp3) is 0.533. The molecule has 0 saturated carbocycles. The molecule has 0 spiro atoms. The lowest BCUT2D eigenvalue weighted by Gasteiger charge is -2.17. The third kappa shape index (κ3) is 5.39. The van der Waals surface area contributed by atoms with Gasteiger partial charge in [0.2, 0.25) is 0 Å². The molecule has 112 valence electrons. The highest BCUT2D eigenvalue weighted by molar-refractivity contribution is 6.30. The van der Waals surface area contributed by atoms with Crippen LogP contribution in [0, 0.1) is 5.92 Å². The molecule has 0 aliphatic rings. The van der Waals surface area contributed by atoms with Crippen molar-refractivity contribution in [1.29, 1.82) is 0 Å². The van der Waals surface area contributed by atoms with Crippen molar-refractivity contribution >= 4 is 17.6 Å². The minimum Gasteiger partial charge on any atom is -0.479 e. The summed E-state index contributed by atoms with van der Waals surface area (Å²) in [6, 6.07) is 5.36. The maximum absolute atomic E-state index is 11.4. The van der Waals surface area contributed by atoms with Crippen LogP contribution in [0.1, 0.15) is 26.3 Å². The van der Waals surface area contributed by atoms with Crippen LogP contribution in [0.15, 0.2) is 18.2 Å². The van der Waals surface area contributed by atoms with Gasteiger partial charge in [0.05, 0.1) is 7.11 Å². The van der Waals surface area contributed by atoms with E-state index in [4.69, 9.17) is 16.3 Å². The van der Waals surface area contributed by atoms with Crippen LogP contribution in [0.2, 0.25) is 5.02 Å². The first-order valence-electron chi connectivity index (χ1n) is 6.67. The second-order valence-corrected chi connectivity index (χ2v) is 5.50. The van der Waals surface area contributed by atoms with Gasteiger partial charge in [0, 0.05) is 17.1 Å². The van der Waals surface area contributed by atoms with Crippen molar-refractivity contribution in [3.05, 3.63) is 28.8 Å². The topological polar surface area (TPSA) is 47.6 Å². The fourth-order valence-corrected chi connectivity index (χ4v) is 1.90. The summed E-state index contributed by atoms with van der Waals surface area (Å²) in [5.41, 5.74) is 0.925. The molecule has 4 nitrogen and oxygen atoms in total. The van der Waals surface area contributed by atoms with Crippen LogP contribution in [-0.4, -0.2) is 25.7 Å². The number of esters is 1. The van der Waals surface area contributed by atoms with Crippen molar-refractivity contribution in [2.75, 3.05) is 13.7 Å². The number of rotatable bonds is 7. The maximum Gasteiger partial charge on any atom is 0.346 e. The zero-order valence-electron chi connectivity index (χ0n) is 12.4. The van der Waals surface area contributed by atoms with E-state index in [9.17, 15) is 4.79 Å². The first-order valence-corrected chi connectivity index (χ1v) is 7.05. The first-order chi connectivity index (χ1) is 9.43. The summed E-state index contributed by atoms with van der Waals surface area (Å²) >= 11 is 6.01. The van der Waals surface area contributed by atoms with Gasteiger partial charge < -0.3 is 14.8 Å². The summed E-state index contributed by atoms with van der Waals surface area (Å²) in [7, 11) is 1.34. The lowest BCUT2D eigenvalue weighted by molar-refractivity contribution is -0.147. The monoisotopic (exact) mass is 299 g/mol. The Morgan fingerprint density at radius 3 is 2.65 bits per heavy atom. The van der Waals surface area contributed by atoms with Gasteiger partial charge in [0.15, 0.2) is 6.10 Å². The van der Waals surface area contributed by atoms with Crippen molar-refractivity contribution in [3.8, 4) is 5.75 Å². The SMILES string of the molecule is COC(=O)C(C)Oc1ccc(Cl)cc1CNCC(C)C. The van der Waals surface area contributed by atoms with E-state index in [0.717, 1.165) is 12.1 Å². The standard InChI is InChI=1S/C15H22ClNO3/c1-10(2)8-17-9-12-7-13(16)5-6-14(12)20-11(3)15(18)19-4/h5-7,10-11,17H,8-9H2,1-4H3. The van der Waals surface area contributed by atoms with E-state index in [1.165, 1.54) is 7.11 Å². The lowest BCUT2D eigenvalue weighted by Crippen LogP contribution is -2.26. The van der Waals surface area contributed by atoms with E-state index in [1.807, 2.05) is 6.07 Å². The third-order valence-electron chi connectivity index (χ3n) is 2.73. The predicted molar refractivity (Wildman–Crippen MR) is 80.1 cm³/mol. The molecule has 1 unspecified atom stereocenters. The largest absolute Gasteiger partial charge is 0.479 e. The summed E-state index contributed by atoms with van der Waals surface area (Å²) in [5.74, 6) is 0.803. The normalized spacial score (nSPS) is 12.3. The summed E-state index contributed by atoms with van der Waals surface area (Å²) in [6.45, 7) is 7.48. The number of carbonyl (C=O) groups is 1. The fourth-order valence-electron chi connectivity index (χ4n) is 1.70. The quantitative estimate of drug-likeness (QED) is 0.786. The van der Waals surface area contributed by atoms with Gasteiger partial charge >= 0.3 is 5.97 Å². The minimum atomic E-state index is -0.648. The minimum absolute atomic E-state index is 0.402. The van der Waals surface area contributed by atoms with Crippen molar-refractivity contribution in [2.45, 2.75) is 33.4 Å². The smallest absolute Gasteiger partial charge is 0.346 e. The highest BCUT2D eigenvalue weighted by atomic mass is 35.5. The Balaban J connectivity index is 2.76. The molecular weight excluding hydrogens is 278 g/mol. The highest BCUT2D eigenvalue weighted by Gasteiger charge is 2.16. The van der Waals surface area contributed by atoms with Gasteiger partial charge in [0.25, 0.3) is 0 Å². The van der Waals surface area contributed by atoms with Crippen LogP contribution in [0.3, 0.4) is 0 Å². The number of hydrogen-bond donors (Lipinski definition) is 1. The van der Waals surface area contributed by atoms with Gasteiger partial charge in [-0.05, 0) is 37.6 Å². The Morgan fingerprint density at radius 2 is 2.05 bits per heavy atom. The van der Waals surface area contributed by atoms with Crippen LogP contribution in [0.25, 0.3) is 0 Å². The molecule has 0 aromatic heterocycles. The second kappa shape index (κ2) is 8.12. The van der Waals surface area contributed by atoms with E-state index < -0.39 is 12.1 Å². The Hall–Kier alpha value is -1.26. The molecular formula is C15H22ClNO3. The molecule has 0 heterocycles. The Morgan fingerprint density at radius 1 is 1.35 bits per heavy atom. The number of ether oxygens (including phenoxy) is 2. The van der Waals surface area contributed by atoms with Crippen molar-refractivity contribution in [1.82, 2.24) is 5.32 Å². The van der Waals surface area contributed by atoms with Gasteiger partial charge in [-0.15, -0.1) is 0 Å². The number of benzene rings is 1. The second-order valence-electron chi connectivity index (χ2n) is 5.06. The maximum atomic E-state index is 11.4. The third-order valence-corrected chi connectivity index (χ3v) is 2.96. The first kappa shape index (κ1) is 16.8. The molecule has 0 radical (unpaired) electrons. The Labute approximate surface area is 125 Å². The van der Waals surface area contributed by atoms with E-state index >= 15 is 0 Å². The molecule has 1 atom stereocenters. The number of halogens is 1. The Kier molecular flexibility index (Phi) is 6.82. The average Bonchev–Trinajstić information content (AvgIpc) is 2.40. The van der Waals surface area contributed by atoms with Crippen LogP contribution in [-0.2, 0) is 16.1 Å². The molecule has 0 saturated heterocycles. The van der Waals surface area contributed by atoms with Gasteiger partial charge in [-0.25, -0.2) is 4.79 Å². The molecule has 0 aliphatic carbocycles. The number of methoxy groups -OCH3 is 1. The molecule has 1 rings (SSSR count). The van der Waals surface area contributed by atoms with Gasteiger partial charge in [0.1, 0.15) is 5.75 Å². The molecule has 0 fully saturated rings. The van der Waals surface area contributed by atoms with Gasteiger partial charge in [-0.3, -0.25) is 0 Å². The summed E-state index contributed by atoms with van der Waals surface area (Å²) in [4.78, 5) is 11.4.